The van der Waals surface area contributed by atoms with Crippen molar-refractivity contribution in [3.63, 3.8) is 0 Å². The quantitative estimate of drug-likeness (QED) is 0.762. The van der Waals surface area contributed by atoms with Crippen molar-refractivity contribution < 1.29 is 9.53 Å². The molecule has 0 aromatic rings. The highest BCUT2D eigenvalue weighted by Crippen LogP contribution is 2.20. The summed E-state index contributed by atoms with van der Waals surface area (Å²) in [6.07, 6.45) is 2.83. The number of nitrogens with zero attached hydrogens (tertiary/aromatic N) is 2. The van der Waals surface area contributed by atoms with Gasteiger partial charge in [0.15, 0.2) is 0 Å². The minimum Gasteiger partial charge on any atom is -0.381 e. The Morgan fingerprint density at radius 3 is 2.33 bits per heavy atom. The van der Waals surface area contributed by atoms with Crippen LogP contribution in [0.2, 0.25) is 0 Å². The molecule has 2 saturated heterocycles. The van der Waals surface area contributed by atoms with Crippen LogP contribution in [0.3, 0.4) is 0 Å². The molecule has 0 saturated carbocycles. The van der Waals surface area contributed by atoms with E-state index in [0.717, 1.165) is 58.7 Å². The highest BCUT2D eigenvalue weighted by molar-refractivity contribution is 5.76. The molecule has 0 bridgehead atoms. The van der Waals surface area contributed by atoms with Crippen LogP contribution in [0.1, 0.15) is 33.1 Å². The average molecular weight is 254 g/mol. The number of piperazine rings is 1. The van der Waals surface area contributed by atoms with E-state index >= 15 is 0 Å². The van der Waals surface area contributed by atoms with E-state index in [1.807, 2.05) is 4.90 Å². The molecule has 2 fully saturated rings. The Bertz CT molecular complexity index is 267. The zero-order chi connectivity index (χ0) is 13.0. The van der Waals surface area contributed by atoms with Crippen LogP contribution in [0.4, 0.5) is 0 Å². The van der Waals surface area contributed by atoms with Crippen LogP contribution in [-0.4, -0.2) is 61.1 Å². The van der Waals surface area contributed by atoms with Crippen molar-refractivity contribution >= 4 is 5.91 Å². The van der Waals surface area contributed by atoms with Gasteiger partial charge in [0.05, 0.1) is 0 Å². The molecule has 4 heteroatoms. The minimum atomic E-state index is 0.352. The number of carbonyl (C=O) groups is 1. The van der Waals surface area contributed by atoms with Gasteiger partial charge >= 0.3 is 0 Å². The van der Waals surface area contributed by atoms with Gasteiger partial charge in [0.2, 0.25) is 5.91 Å². The van der Waals surface area contributed by atoms with Crippen LogP contribution in [0, 0.1) is 5.92 Å². The van der Waals surface area contributed by atoms with Crippen LogP contribution in [0.15, 0.2) is 0 Å². The van der Waals surface area contributed by atoms with E-state index in [2.05, 4.69) is 18.7 Å². The van der Waals surface area contributed by atoms with Gasteiger partial charge in [0.25, 0.3) is 0 Å². The number of amides is 1. The van der Waals surface area contributed by atoms with Gasteiger partial charge in [-0.1, -0.05) is 0 Å². The zero-order valence-electron chi connectivity index (χ0n) is 11.7. The van der Waals surface area contributed by atoms with Crippen LogP contribution < -0.4 is 0 Å². The van der Waals surface area contributed by atoms with E-state index in [9.17, 15) is 4.79 Å². The van der Waals surface area contributed by atoms with E-state index in [0.29, 0.717) is 17.9 Å². The predicted octanol–water partition coefficient (Wildman–Crippen LogP) is 1.36. The maximum Gasteiger partial charge on any atom is 0.222 e. The molecular formula is C14H26N2O2. The molecule has 0 aliphatic carbocycles. The maximum absolute atomic E-state index is 12.2. The molecule has 18 heavy (non-hydrogen) atoms. The topological polar surface area (TPSA) is 32.8 Å². The molecule has 0 radical (unpaired) electrons. The van der Waals surface area contributed by atoms with Crippen molar-refractivity contribution in [2.45, 2.75) is 39.2 Å². The standard InChI is InChI=1S/C14H26N2O2/c1-12(2)15-5-7-16(8-6-15)14(17)11-13-3-9-18-10-4-13/h12-13H,3-11H2,1-2H3. The highest BCUT2D eigenvalue weighted by Gasteiger charge is 2.25. The Morgan fingerprint density at radius 1 is 1.17 bits per heavy atom. The molecule has 0 spiro atoms. The lowest BCUT2D eigenvalue weighted by Gasteiger charge is -2.37. The molecule has 1 amide bonds. The van der Waals surface area contributed by atoms with Gasteiger partial charge < -0.3 is 9.64 Å². The molecule has 0 atom stereocenters. The number of hydrogen-bond acceptors (Lipinski definition) is 3. The molecule has 4 nitrogen and oxygen atoms in total. The third kappa shape index (κ3) is 3.69. The van der Waals surface area contributed by atoms with Crippen LogP contribution >= 0.6 is 0 Å². The van der Waals surface area contributed by atoms with Crippen LogP contribution in [0.5, 0.6) is 0 Å². The Morgan fingerprint density at radius 2 is 1.78 bits per heavy atom. The summed E-state index contributed by atoms with van der Waals surface area (Å²) in [5.74, 6) is 0.902. The fourth-order valence-electron chi connectivity index (χ4n) is 2.81. The zero-order valence-corrected chi connectivity index (χ0v) is 11.7. The molecular weight excluding hydrogens is 228 g/mol. The van der Waals surface area contributed by atoms with E-state index < -0.39 is 0 Å². The minimum absolute atomic E-state index is 0.352. The fraction of sp³-hybridized carbons (Fsp3) is 0.929. The first-order valence-electron chi connectivity index (χ1n) is 7.26. The van der Waals surface area contributed by atoms with Gasteiger partial charge in [0, 0.05) is 51.9 Å². The second kappa shape index (κ2) is 6.53. The van der Waals surface area contributed by atoms with Gasteiger partial charge in [-0.3, -0.25) is 9.69 Å². The van der Waals surface area contributed by atoms with Gasteiger partial charge in [-0.15, -0.1) is 0 Å². The maximum atomic E-state index is 12.2. The number of hydrogen-bond donors (Lipinski definition) is 0. The first kappa shape index (κ1) is 13.8. The molecule has 2 heterocycles. The summed E-state index contributed by atoms with van der Waals surface area (Å²) >= 11 is 0. The SMILES string of the molecule is CC(C)N1CCN(C(=O)CC2CCOCC2)CC1. The second-order valence-electron chi connectivity index (χ2n) is 5.77. The summed E-state index contributed by atoms with van der Waals surface area (Å²) in [6.45, 7) is 9.96. The summed E-state index contributed by atoms with van der Waals surface area (Å²) in [5, 5.41) is 0. The number of ether oxygens (including phenoxy) is 1. The largest absolute Gasteiger partial charge is 0.381 e. The van der Waals surface area contributed by atoms with Crippen molar-refractivity contribution in [3.8, 4) is 0 Å². The molecule has 104 valence electrons. The smallest absolute Gasteiger partial charge is 0.222 e. The Kier molecular flexibility index (Phi) is 5.01. The number of rotatable bonds is 3. The van der Waals surface area contributed by atoms with Gasteiger partial charge in [-0.05, 0) is 32.6 Å². The second-order valence-corrected chi connectivity index (χ2v) is 5.77. The Hall–Kier alpha value is -0.610. The molecule has 2 rings (SSSR count). The molecule has 2 aliphatic rings. The lowest BCUT2D eigenvalue weighted by Crippen LogP contribution is -2.51. The van der Waals surface area contributed by atoms with E-state index in [1.54, 1.807) is 0 Å². The molecule has 2 aliphatic heterocycles. The monoisotopic (exact) mass is 254 g/mol. The Balaban J connectivity index is 1.73. The summed E-state index contributed by atoms with van der Waals surface area (Å²) < 4.78 is 5.34. The van der Waals surface area contributed by atoms with Crippen LogP contribution in [-0.2, 0) is 9.53 Å². The third-order valence-electron chi connectivity index (χ3n) is 4.20. The fourth-order valence-corrected chi connectivity index (χ4v) is 2.81. The number of carbonyl (C=O) groups excluding carboxylic acids is 1. The van der Waals surface area contributed by atoms with E-state index in [-0.39, 0.29) is 0 Å². The molecule has 0 aromatic heterocycles. The lowest BCUT2D eigenvalue weighted by atomic mass is 9.96. The summed E-state index contributed by atoms with van der Waals surface area (Å²) in [5.41, 5.74) is 0. The summed E-state index contributed by atoms with van der Waals surface area (Å²) in [4.78, 5) is 16.7. The van der Waals surface area contributed by atoms with Crippen molar-refractivity contribution in [1.29, 1.82) is 0 Å². The van der Waals surface area contributed by atoms with E-state index in [4.69, 9.17) is 4.74 Å². The summed E-state index contributed by atoms with van der Waals surface area (Å²) in [6, 6.07) is 0.595. The van der Waals surface area contributed by atoms with Crippen LogP contribution in [0.25, 0.3) is 0 Å². The van der Waals surface area contributed by atoms with Crippen molar-refractivity contribution in [2.24, 2.45) is 5.92 Å². The van der Waals surface area contributed by atoms with E-state index in [1.165, 1.54) is 0 Å². The average Bonchev–Trinajstić information content (AvgIpc) is 2.40. The predicted molar refractivity (Wildman–Crippen MR) is 71.4 cm³/mol. The van der Waals surface area contributed by atoms with Gasteiger partial charge in [0.1, 0.15) is 0 Å². The third-order valence-corrected chi connectivity index (χ3v) is 4.20. The van der Waals surface area contributed by atoms with Gasteiger partial charge in [-0.25, -0.2) is 0 Å². The lowest BCUT2D eigenvalue weighted by molar-refractivity contribution is -0.134. The van der Waals surface area contributed by atoms with Gasteiger partial charge in [-0.2, -0.15) is 0 Å². The molecule has 0 aromatic carbocycles. The molecule has 0 unspecified atom stereocenters. The van der Waals surface area contributed by atoms with Crippen molar-refractivity contribution in [3.05, 3.63) is 0 Å². The molecule has 0 N–H and O–H groups in total. The highest BCUT2D eigenvalue weighted by atomic mass is 16.5. The van der Waals surface area contributed by atoms with Crippen molar-refractivity contribution in [2.75, 3.05) is 39.4 Å². The van der Waals surface area contributed by atoms with Crippen molar-refractivity contribution in [1.82, 2.24) is 9.80 Å². The normalized spacial score (nSPS) is 23.6. The first-order chi connectivity index (χ1) is 8.66. The summed E-state index contributed by atoms with van der Waals surface area (Å²) in [7, 11) is 0. The first-order valence-corrected chi connectivity index (χ1v) is 7.26. The Labute approximate surface area is 110 Å².